The van der Waals surface area contributed by atoms with Crippen LogP contribution in [0.5, 0.6) is 28.7 Å². The van der Waals surface area contributed by atoms with Gasteiger partial charge in [-0.25, -0.2) is 0 Å². The second-order valence-electron chi connectivity index (χ2n) is 7.89. The molecular formula is C23H25NO6. The lowest BCUT2D eigenvalue weighted by molar-refractivity contribution is -0.120. The Morgan fingerprint density at radius 1 is 1.10 bits per heavy atom. The number of hydrogen-bond acceptors (Lipinski definition) is 7. The molecule has 0 fully saturated rings. The number of carbonyl (C=O) groups is 1. The summed E-state index contributed by atoms with van der Waals surface area (Å²) in [5.41, 5.74) is 3.29. The van der Waals surface area contributed by atoms with Crippen molar-refractivity contribution in [2.45, 2.75) is 31.7 Å². The molecular weight excluding hydrogens is 386 g/mol. The molecule has 0 bridgehead atoms. The number of carbonyl (C=O) groups excluding carboxylic acids is 1. The predicted octanol–water partition coefficient (Wildman–Crippen LogP) is 3.27. The number of nitrogens with zero attached hydrogens (tertiary/aromatic N) is 1. The maximum atomic E-state index is 12.9. The number of aryl methyl sites for hydroxylation is 1. The fourth-order valence-corrected chi connectivity index (χ4v) is 4.48. The molecule has 3 heterocycles. The molecule has 0 aromatic heterocycles. The number of fused-ring (bicyclic) bond motifs is 3. The number of benzene rings is 2. The van der Waals surface area contributed by atoms with Crippen LogP contribution in [0.15, 0.2) is 24.3 Å². The highest BCUT2D eigenvalue weighted by atomic mass is 16.7. The number of ether oxygens (including phenoxy) is 5. The first-order valence-electron chi connectivity index (χ1n) is 10.2. The topological polar surface area (TPSA) is 66.5 Å². The highest BCUT2D eigenvalue weighted by molar-refractivity contribution is 5.80. The van der Waals surface area contributed by atoms with Gasteiger partial charge < -0.3 is 23.7 Å². The fraction of sp³-hybridized carbons (Fsp3) is 0.435. The molecule has 0 N–H and O–H groups in total. The van der Waals surface area contributed by atoms with E-state index in [0.717, 1.165) is 41.3 Å². The molecule has 0 spiro atoms. The van der Waals surface area contributed by atoms with Crippen LogP contribution in [0, 0.1) is 0 Å². The minimum atomic E-state index is -0.0394. The van der Waals surface area contributed by atoms with Gasteiger partial charge in [-0.1, -0.05) is 6.07 Å². The first-order valence-corrected chi connectivity index (χ1v) is 10.2. The molecule has 7 heteroatoms. The third kappa shape index (κ3) is 3.33. The van der Waals surface area contributed by atoms with Crippen LogP contribution < -0.4 is 23.7 Å². The minimum Gasteiger partial charge on any atom is -0.492 e. The number of Topliss-reactive ketones (excluding diaryl/α,β-unsaturated/α-hetero) is 1. The third-order valence-corrected chi connectivity index (χ3v) is 6.10. The second-order valence-corrected chi connectivity index (χ2v) is 7.89. The first kappa shape index (κ1) is 19.1. The average Bonchev–Trinajstić information content (AvgIpc) is 3.41. The average molecular weight is 411 g/mol. The van der Waals surface area contributed by atoms with E-state index in [1.807, 2.05) is 24.3 Å². The Morgan fingerprint density at radius 3 is 2.77 bits per heavy atom. The van der Waals surface area contributed by atoms with Crippen molar-refractivity contribution < 1.29 is 28.5 Å². The maximum absolute atomic E-state index is 12.9. The zero-order chi connectivity index (χ0) is 20.7. The summed E-state index contributed by atoms with van der Waals surface area (Å²) in [5.74, 6) is 3.79. The van der Waals surface area contributed by atoms with E-state index in [9.17, 15) is 4.79 Å². The second kappa shape index (κ2) is 7.72. The molecule has 0 unspecified atom stereocenters. The Balaban J connectivity index is 1.33. The van der Waals surface area contributed by atoms with Crippen molar-refractivity contribution in [3.8, 4) is 28.7 Å². The van der Waals surface area contributed by atoms with Crippen LogP contribution in [0.25, 0.3) is 0 Å². The van der Waals surface area contributed by atoms with Gasteiger partial charge in [0.25, 0.3) is 0 Å². The van der Waals surface area contributed by atoms with Gasteiger partial charge in [0, 0.05) is 31.0 Å². The van der Waals surface area contributed by atoms with Gasteiger partial charge in [0.15, 0.2) is 23.0 Å². The summed E-state index contributed by atoms with van der Waals surface area (Å²) in [5, 5.41) is 0. The van der Waals surface area contributed by atoms with Crippen molar-refractivity contribution in [3.63, 3.8) is 0 Å². The van der Waals surface area contributed by atoms with Crippen LogP contribution >= 0.6 is 0 Å². The summed E-state index contributed by atoms with van der Waals surface area (Å²) < 4.78 is 27.7. The van der Waals surface area contributed by atoms with Gasteiger partial charge in [-0.05, 0) is 49.2 Å². The van der Waals surface area contributed by atoms with Crippen LogP contribution in [-0.4, -0.2) is 45.0 Å². The van der Waals surface area contributed by atoms with Crippen LogP contribution in [0.2, 0.25) is 0 Å². The first-order chi connectivity index (χ1) is 14.6. The van der Waals surface area contributed by atoms with Gasteiger partial charge in [-0.3, -0.25) is 9.69 Å². The Bertz CT molecular complexity index is 988. The van der Waals surface area contributed by atoms with Crippen molar-refractivity contribution in [1.29, 1.82) is 0 Å². The summed E-state index contributed by atoms with van der Waals surface area (Å²) in [4.78, 5) is 15.2. The standard InChI is InChI=1S/C23H25NO6/c1-24-8-7-15-10-20-22(30-13-29-20)23(26-2)21(15)17(24)11-16(25)5-3-14-4-6-18-19(9-14)28-12-27-18/h4,6,9-10,17H,3,5,7-8,11-13H2,1-2H3/t17-/m1/s1. The van der Waals surface area contributed by atoms with Gasteiger partial charge in [0.1, 0.15) is 5.78 Å². The molecule has 158 valence electrons. The molecule has 3 aliphatic heterocycles. The van der Waals surface area contributed by atoms with Crippen LogP contribution in [-0.2, 0) is 17.6 Å². The fourth-order valence-electron chi connectivity index (χ4n) is 4.48. The molecule has 30 heavy (non-hydrogen) atoms. The highest BCUT2D eigenvalue weighted by Crippen LogP contribution is 2.50. The number of hydrogen-bond donors (Lipinski definition) is 0. The van der Waals surface area contributed by atoms with Gasteiger partial charge in [0.2, 0.25) is 19.3 Å². The Morgan fingerprint density at radius 2 is 1.90 bits per heavy atom. The van der Waals surface area contributed by atoms with E-state index >= 15 is 0 Å². The molecule has 3 aliphatic rings. The SMILES string of the molecule is COc1c2c(cc3c1[C@@H](CC(=O)CCc1ccc4c(c1)OCO4)N(C)CC3)OCO2. The zero-order valence-electron chi connectivity index (χ0n) is 17.2. The lowest BCUT2D eigenvalue weighted by Gasteiger charge is -2.35. The monoisotopic (exact) mass is 411 g/mol. The van der Waals surface area contributed by atoms with E-state index < -0.39 is 0 Å². The van der Waals surface area contributed by atoms with Crippen molar-refractivity contribution in [1.82, 2.24) is 4.90 Å². The molecule has 0 radical (unpaired) electrons. The molecule has 2 aromatic rings. The maximum Gasteiger partial charge on any atom is 0.231 e. The lowest BCUT2D eigenvalue weighted by Crippen LogP contribution is -2.34. The Hall–Kier alpha value is -2.93. The Labute approximate surface area is 175 Å². The lowest BCUT2D eigenvalue weighted by atomic mass is 9.87. The smallest absolute Gasteiger partial charge is 0.231 e. The molecule has 0 aliphatic carbocycles. The van der Waals surface area contributed by atoms with E-state index in [0.29, 0.717) is 30.8 Å². The van der Waals surface area contributed by atoms with Crippen LogP contribution in [0.1, 0.15) is 35.6 Å². The molecule has 5 rings (SSSR count). The predicted molar refractivity (Wildman–Crippen MR) is 109 cm³/mol. The molecule has 1 atom stereocenters. The summed E-state index contributed by atoms with van der Waals surface area (Å²) in [6.45, 7) is 1.34. The summed E-state index contributed by atoms with van der Waals surface area (Å²) in [6, 6.07) is 7.86. The van der Waals surface area contributed by atoms with Crippen molar-refractivity contribution in [3.05, 3.63) is 41.0 Å². The molecule has 0 amide bonds. The van der Waals surface area contributed by atoms with Crippen LogP contribution in [0.3, 0.4) is 0 Å². The van der Waals surface area contributed by atoms with Gasteiger partial charge >= 0.3 is 0 Å². The van der Waals surface area contributed by atoms with Gasteiger partial charge in [-0.15, -0.1) is 0 Å². The van der Waals surface area contributed by atoms with Crippen molar-refractivity contribution in [2.24, 2.45) is 0 Å². The summed E-state index contributed by atoms with van der Waals surface area (Å²) in [6.07, 6.45) is 2.48. The zero-order valence-corrected chi connectivity index (χ0v) is 17.2. The van der Waals surface area contributed by atoms with E-state index in [4.69, 9.17) is 23.7 Å². The van der Waals surface area contributed by atoms with Crippen LogP contribution in [0.4, 0.5) is 0 Å². The molecule has 2 aromatic carbocycles. The number of rotatable bonds is 6. The van der Waals surface area contributed by atoms with E-state index in [-0.39, 0.29) is 25.4 Å². The van der Waals surface area contributed by atoms with Gasteiger partial charge in [0.05, 0.1) is 7.11 Å². The third-order valence-electron chi connectivity index (χ3n) is 6.10. The summed E-state index contributed by atoms with van der Waals surface area (Å²) >= 11 is 0. The number of methoxy groups -OCH3 is 1. The summed E-state index contributed by atoms with van der Waals surface area (Å²) in [7, 11) is 3.70. The minimum absolute atomic E-state index is 0.0394. The van der Waals surface area contributed by atoms with E-state index in [1.54, 1.807) is 7.11 Å². The molecule has 0 saturated heterocycles. The molecule has 7 nitrogen and oxygen atoms in total. The quantitative estimate of drug-likeness (QED) is 0.723. The van der Waals surface area contributed by atoms with Crippen molar-refractivity contribution >= 4 is 5.78 Å². The van der Waals surface area contributed by atoms with E-state index in [1.165, 1.54) is 5.56 Å². The van der Waals surface area contributed by atoms with Crippen molar-refractivity contribution in [2.75, 3.05) is 34.3 Å². The number of ketones is 1. The Kier molecular flexibility index (Phi) is 4.90. The normalized spacial score (nSPS) is 18.9. The molecule has 0 saturated carbocycles. The van der Waals surface area contributed by atoms with Gasteiger partial charge in [-0.2, -0.15) is 0 Å². The largest absolute Gasteiger partial charge is 0.492 e. The van der Waals surface area contributed by atoms with E-state index in [2.05, 4.69) is 11.9 Å². The number of likely N-dealkylation sites (N-methyl/N-ethyl adjacent to an activating group) is 1. The highest BCUT2D eigenvalue weighted by Gasteiger charge is 2.34.